The van der Waals surface area contributed by atoms with E-state index in [9.17, 15) is 9.59 Å². The van der Waals surface area contributed by atoms with E-state index in [4.69, 9.17) is 4.74 Å². The molecule has 1 aliphatic rings. The van der Waals surface area contributed by atoms with Gasteiger partial charge >= 0.3 is 0 Å². The first-order valence-electron chi connectivity index (χ1n) is 9.57. The minimum atomic E-state index is -0.0582. The number of rotatable bonds is 8. The largest absolute Gasteiger partial charge is 0.481 e. The number of ether oxygens (including phenoxy) is 1. The molecule has 148 valence electrons. The van der Waals surface area contributed by atoms with Crippen molar-refractivity contribution < 1.29 is 14.3 Å². The van der Waals surface area contributed by atoms with Crippen LogP contribution in [0.25, 0.3) is 0 Å². The summed E-state index contributed by atoms with van der Waals surface area (Å²) in [6.45, 7) is 5.18. The Morgan fingerprint density at radius 1 is 1.39 bits per heavy atom. The molecule has 2 aromatic heterocycles. The highest BCUT2D eigenvalue weighted by atomic mass is 16.5. The molecule has 0 unspecified atom stereocenters. The first-order valence-corrected chi connectivity index (χ1v) is 9.57. The van der Waals surface area contributed by atoms with E-state index in [0.29, 0.717) is 42.2 Å². The summed E-state index contributed by atoms with van der Waals surface area (Å²) in [5, 5.41) is 2.90. The fraction of sp³-hybridized carbons (Fsp3) is 0.429. The minimum Gasteiger partial charge on any atom is -0.481 e. The molecule has 0 aliphatic carbocycles. The van der Waals surface area contributed by atoms with Gasteiger partial charge in [-0.25, -0.2) is 4.98 Å². The van der Waals surface area contributed by atoms with E-state index in [1.165, 1.54) is 0 Å². The van der Waals surface area contributed by atoms with Gasteiger partial charge in [0, 0.05) is 42.9 Å². The van der Waals surface area contributed by atoms with Crippen LogP contribution in [0.15, 0.2) is 30.5 Å². The summed E-state index contributed by atoms with van der Waals surface area (Å²) >= 11 is 0. The molecule has 0 radical (unpaired) electrons. The zero-order chi connectivity index (χ0) is 20.1. The number of methoxy groups -OCH3 is 1. The summed E-state index contributed by atoms with van der Waals surface area (Å²) in [5.41, 5.74) is 2.94. The number of carbonyl (C=O) groups excluding carboxylic acids is 2. The Kier molecular flexibility index (Phi) is 6.23. The highest BCUT2D eigenvalue weighted by Crippen LogP contribution is 2.27. The number of amides is 2. The van der Waals surface area contributed by atoms with Gasteiger partial charge in [-0.2, -0.15) is 0 Å². The van der Waals surface area contributed by atoms with Gasteiger partial charge in [-0.3, -0.25) is 14.6 Å². The third-order valence-corrected chi connectivity index (χ3v) is 5.07. The summed E-state index contributed by atoms with van der Waals surface area (Å²) in [4.78, 5) is 35.5. The van der Waals surface area contributed by atoms with Gasteiger partial charge in [-0.15, -0.1) is 0 Å². The monoisotopic (exact) mass is 382 g/mol. The lowest BCUT2D eigenvalue weighted by Gasteiger charge is -2.14. The Hall–Kier alpha value is -2.96. The van der Waals surface area contributed by atoms with Crippen LogP contribution in [0, 0.1) is 5.92 Å². The van der Waals surface area contributed by atoms with Crippen molar-refractivity contribution in [2.75, 3.05) is 13.7 Å². The molecule has 0 fully saturated rings. The molecule has 28 heavy (non-hydrogen) atoms. The van der Waals surface area contributed by atoms with Crippen LogP contribution in [0.3, 0.4) is 0 Å². The molecular formula is C21H26N4O3. The topological polar surface area (TPSA) is 84.4 Å². The average molecular weight is 382 g/mol. The summed E-state index contributed by atoms with van der Waals surface area (Å²) in [5.74, 6) is 0.323. The number of nitrogens with zero attached hydrogens (tertiary/aromatic N) is 3. The number of hydrogen-bond donors (Lipinski definition) is 1. The highest BCUT2D eigenvalue weighted by Gasteiger charge is 2.30. The molecule has 7 nitrogen and oxygen atoms in total. The third kappa shape index (κ3) is 4.30. The van der Waals surface area contributed by atoms with Gasteiger partial charge in [0.2, 0.25) is 11.8 Å². The predicted octanol–water partition coefficient (Wildman–Crippen LogP) is 2.35. The standard InChI is InChI=1S/C21H26N4O3/c1-4-14(2)19(26)23-12-15-11-17-18(24-20(15)28-3)13-25(21(17)27)10-8-16-7-5-6-9-22-16/h5-7,9,11,14H,4,8,10,12-13H2,1-3H3,(H,23,26)/t14-/m0/s1. The maximum absolute atomic E-state index is 12.8. The SMILES string of the molecule is CC[C@H](C)C(=O)NCc1cc2c(nc1OC)CN(CCc1ccccn1)C2=O. The molecule has 1 aliphatic heterocycles. The fourth-order valence-electron chi connectivity index (χ4n) is 3.12. The molecule has 1 N–H and O–H groups in total. The number of fused-ring (bicyclic) bond motifs is 1. The van der Waals surface area contributed by atoms with Crippen molar-refractivity contribution in [3.63, 3.8) is 0 Å². The van der Waals surface area contributed by atoms with Crippen molar-refractivity contribution in [3.05, 3.63) is 53.0 Å². The fourth-order valence-corrected chi connectivity index (χ4v) is 3.12. The Bertz CT molecular complexity index is 854. The van der Waals surface area contributed by atoms with Crippen LogP contribution >= 0.6 is 0 Å². The quantitative estimate of drug-likeness (QED) is 0.758. The second-order valence-corrected chi connectivity index (χ2v) is 6.98. The normalized spacial score (nSPS) is 14.0. The second-order valence-electron chi connectivity index (χ2n) is 6.98. The van der Waals surface area contributed by atoms with Crippen molar-refractivity contribution in [2.45, 2.75) is 39.8 Å². The van der Waals surface area contributed by atoms with E-state index >= 15 is 0 Å². The maximum atomic E-state index is 12.8. The molecule has 7 heteroatoms. The maximum Gasteiger partial charge on any atom is 0.256 e. The molecule has 0 bridgehead atoms. The molecule has 0 saturated carbocycles. The van der Waals surface area contributed by atoms with Crippen LogP contribution in [0.1, 0.15) is 47.6 Å². The van der Waals surface area contributed by atoms with Crippen LogP contribution in [0.4, 0.5) is 0 Å². The van der Waals surface area contributed by atoms with Crippen LogP contribution in [0.2, 0.25) is 0 Å². The van der Waals surface area contributed by atoms with Gasteiger partial charge in [-0.1, -0.05) is 19.9 Å². The zero-order valence-electron chi connectivity index (χ0n) is 16.6. The lowest BCUT2D eigenvalue weighted by atomic mass is 10.1. The van der Waals surface area contributed by atoms with Gasteiger partial charge in [0.05, 0.1) is 24.9 Å². The van der Waals surface area contributed by atoms with Gasteiger partial charge < -0.3 is 15.0 Å². The smallest absolute Gasteiger partial charge is 0.256 e. The van der Waals surface area contributed by atoms with E-state index in [-0.39, 0.29) is 24.3 Å². The third-order valence-electron chi connectivity index (χ3n) is 5.07. The van der Waals surface area contributed by atoms with Crippen LogP contribution in [-0.4, -0.2) is 40.3 Å². The van der Waals surface area contributed by atoms with E-state index in [0.717, 1.165) is 12.1 Å². The van der Waals surface area contributed by atoms with Crippen molar-refractivity contribution >= 4 is 11.8 Å². The molecule has 1 atom stereocenters. The summed E-state index contributed by atoms with van der Waals surface area (Å²) in [7, 11) is 1.55. The van der Waals surface area contributed by atoms with Gasteiger partial charge in [0.25, 0.3) is 5.91 Å². The van der Waals surface area contributed by atoms with Gasteiger partial charge in [-0.05, 0) is 24.6 Å². The molecule has 2 aromatic rings. The Balaban J connectivity index is 1.71. The molecule has 0 aromatic carbocycles. The van der Waals surface area contributed by atoms with Crippen molar-refractivity contribution in [3.8, 4) is 5.88 Å². The van der Waals surface area contributed by atoms with Crippen LogP contribution < -0.4 is 10.1 Å². The molecular weight excluding hydrogens is 356 g/mol. The Morgan fingerprint density at radius 3 is 2.89 bits per heavy atom. The number of pyridine rings is 2. The van der Waals surface area contributed by atoms with Gasteiger partial charge in [0.15, 0.2) is 0 Å². The molecule has 3 heterocycles. The molecule has 0 spiro atoms. The molecule has 3 rings (SSSR count). The molecule has 2 amide bonds. The molecule has 0 saturated heterocycles. The summed E-state index contributed by atoms with van der Waals surface area (Å²) in [6, 6.07) is 7.56. The van der Waals surface area contributed by atoms with Crippen LogP contribution in [0.5, 0.6) is 5.88 Å². The summed E-state index contributed by atoms with van der Waals surface area (Å²) < 4.78 is 5.39. The number of aromatic nitrogens is 2. The second kappa shape index (κ2) is 8.82. The van der Waals surface area contributed by atoms with Crippen molar-refractivity contribution in [1.82, 2.24) is 20.2 Å². The average Bonchev–Trinajstić information content (AvgIpc) is 3.04. The van der Waals surface area contributed by atoms with Crippen LogP contribution in [-0.2, 0) is 24.3 Å². The van der Waals surface area contributed by atoms with E-state index in [2.05, 4.69) is 15.3 Å². The van der Waals surface area contributed by atoms with Crippen molar-refractivity contribution in [1.29, 1.82) is 0 Å². The van der Waals surface area contributed by atoms with Crippen molar-refractivity contribution in [2.24, 2.45) is 5.92 Å². The Morgan fingerprint density at radius 2 is 2.21 bits per heavy atom. The first kappa shape index (κ1) is 19.8. The number of carbonyl (C=O) groups is 2. The zero-order valence-corrected chi connectivity index (χ0v) is 16.6. The predicted molar refractivity (Wildman–Crippen MR) is 105 cm³/mol. The summed E-state index contributed by atoms with van der Waals surface area (Å²) in [6.07, 6.45) is 3.22. The van der Waals surface area contributed by atoms with E-state index in [1.54, 1.807) is 24.3 Å². The van der Waals surface area contributed by atoms with E-state index < -0.39 is 0 Å². The number of nitrogens with one attached hydrogen (secondary N) is 1. The lowest BCUT2D eigenvalue weighted by Crippen LogP contribution is -2.28. The first-order chi connectivity index (χ1) is 13.5. The number of hydrogen-bond acceptors (Lipinski definition) is 5. The van der Waals surface area contributed by atoms with E-state index in [1.807, 2.05) is 32.0 Å². The van der Waals surface area contributed by atoms with Gasteiger partial charge in [0.1, 0.15) is 0 Å². The Labute approximate surface area is 165 Å². The highest BCUT2D eigenvalue weighted by molar-refractivity contribution is 5.98. The lowest BCUT2D eigenvalue weighted by molar-refractivity contribution is -0.124. The minimum absolute atomic E-state index is 0.0200.